The molecule has 6 nitrogen and oxygen atoms in total. The summed E-state index contributed by atoms with van der Waals surface area (Å²) in [5.41, 5.74) is 1.59. The van der Waals surface area contributed by atoms with Crippen molar-refractivity contribution in [1.29, 1.82) is 0 Å². The third-order valence-corrected chi connectivity index (χ3v) is 5.95. The number of carbonyl (C=O) groups excluding carboxylic acids is 2. The van der Waals surface area contributed by atoms with Crippen LogP contribution < -0.4 is 5.32 Å². The average Bonchev–Trinajstić information content (AvgIpc) is 2.92. The number of nitrogens with one attached hydrogen (secondary N) is 1. The summed E-state index contributed by atoms with van der Waals surface area (Å²) in [6.45, 7) is 5.52. The molecule has 0 radical (unpaired) electrons. The third kappa shape index (κ3) is 4.54. The molecule has 2 heterocycles. The van der Waals surface area contributed by atoms with Crippen LogP contribution in [0.1, 0.15) is 12.0 Å². The van der Waals surface area contributed by atoms with E-state index in [1.54, 1.807) is 12.1 Å². The molecule has 0 spiro atoms. The van der Waals surface area contributed by atoms with Crippen LogP contribution >= 0.6 is 23.4 Å². The molecule has 0 unspecified atom stereocenters. The van der Waals surface area contributed by atoms with Crippen LogP contribution in [0, 0.1) is 6.92 Å². The topological polar surface area (TPSA) is 65.0 Å². The van der Waals surface area contributed by atoms with Crippen molar-refractivity contribution in [1.82, 2.24) is 9.80 Å². The van der Waals surface area contributed by atoms with E-state index in [4.69, 9.17) is 11.6 Å². The van der Waals surface area contributed by atoms with Crippen molar-refractivity contribution >= 4 is 46.0 Å². The molecular formula is C17H21ClN4O2S. The molecule has 0 saturated carbocycles. The summed E-state index contributed by atoms with van der Waals surface area (Å²) in [5, 5.41) is 3.70. The number of anilines is 1. The number of rotatable bonds is 3. The fraction of sp³-hybridized carbons (Fsp3) is 0.471. The lowest BCUT2D eigenvalue weighted by Crippen LogP contribution is -2.46. The average molecular weight is 381 g/mol. The van der Waals surface area contributed by atoms with E-state index in [-0.39, 0.29) is 18.2 Å². The highest BCUT2D eigenvalue weighted by atomic mass is 35.5. The molecule has 0 bridgehead atoms. The lowest BCUT2D eigenvalue weighted by molar-refractivity contribution is -0.121. The van der Waals surface area contributed by atoms with Gasteiger partial charge in [-0.15, -0.1) is 0 Å². The van der Waals surface area contributed by atoms with Crippen molar-refractivity contribution in [2.45, 2.75) is 18.6 Å². The van der Waals surface area contributed by atoms with Gasteiger partial charge in [-0.2, -0.15) is 4.99 Å². The van der Waals surface area contributed by atoms with Gasteiger partial charge in [0.1, 0.15) is 5.25 Å². The van der Waals surface area contributed by atoms with Gasteiger partial charge in [0, 0.05) is 43.3 Å². The van der Waals surface area contributed by atoms with E-state index in [0.717, 1.165) is 36.9 Å². The normalized spacial score (nSPS) is 21.4. The van der Waals surface area contributed by atoms with Gasteiger partial charge in [0.25, 0.3) is 5.91 Å². The van der Waals surface area contributed by atoms with Crippen LogP contribution in [0.15, 0.2) is 23.2 Å². The summed E-state index contributed by atoms with van der Waals surface area (Å²) in [7, 11) is 2.08. The van der Waals surface area contributed by atoms with Crippen LogP contribution in [-0.4, -0.2) is 65.3 Å². The third-order valence-electron chi connectivity index (χ3n) is 4.33. The molecule has 2 aliphatic heterocycles. The second-order valence-corrected chi connectivity index (χ2v) is 7.92. The summed E-state index contributed by atoms with van der Waals surface area (Å²) < 4.78 is 0. The number of carbonyl (C=O) groups is 2. The molecule has 2 aliphatic rings. The molecule has 1 atom stereocenters. The first-order chi connectivity index (χ1) is 11.9. The number of amidine groups is 1. The smallest absolute Gasteiger partial charge is 0.262 e. The van der Waals surface area contributed by atoms with Crippen molar-refractivity contribution in [2.75, 3.05) is 38.5 Å². The number of benzene rings is 1. The van der Waals surface area contributed by atoms with Gasteiger partial charge in [-0.05, 0) is 31.7 Å². The molecule has 1 aromatic carbocycles. The zero-order chi connectivity index (χ0) is 18.0. The molecule has 8 heteroatoms. The van der Waals surface area contributed by atoms with E-state index in [1.165, 1.54) is 11.8 Å². The molecular weight excluding hydrogens is 360 g/mol. The Morgan fingerprint density at radius 1 is 1.36 bits per heavy atom. The summed E-state index contributed by atoms with van der Waals surface area (Å²) in [6, 6.07) is 5.36. The van der Waals surface area contributed by atoms with Crippen LogP contribution in [0.2, 0.25) is 5.02 Å². The van der Waals surface area contributed by atoms with Gasteiger partial charge in [0.2, 0.25) is 5.91 Å². The second kappa shape index (κ2) is 7.76. The van der Waals surface area contributed by atoms with Gasteiger partial charge in [0.15, 0.2) is 5.17 Å². The molecule has 1 fully saturated rings. The van der Waals surface area contributed by atoms with Gasteiger partial charge in [-0.3, -0.25) is 9.59 Å². The van der Waals surface area contributed by atoms with Gasteiger partial charge >= 0.3 is 0 Å². The Morgan fingerprint density at radius 2 is 2.08 bits per heavy atom. The zero-order valence-electron chi connectivity index (χ0n) is 14.3. The number of aliphatic imine (C=N–C) groups is 1. The number of halogens is 1. The molecule has 0 aromatic heterocycles. The van der Waals surface area contributed by atoms with Crippen LogP contribution in [0.25, 0.3) is 0 Å². The van der Waals surface area contributed by atoms with E-state index in [1.807, 2.05) is 13.0 Å². The summed E-state index contributed by atoms with van der Waals surface area (Å²) in [5.74, 6) is -0.434. The molecule has 134 valence electrons. The Balaban J connectivity index is 1.54. The maximum absolute atomic E-state index is 12.2. The number of piperazine rings is 1. The molecule has 25 heavy (non-hydrogen) atoms. The van der Waals surface area contributed by atoms with Gasteiger partial charge in [-0.1, -0.05) is 29.4 Å². The Morgan fingerprint density at radius 3 is 2.76 bits per heavy atom. The van der Waals surface area contributed by atoms with Crippen molar-refractivity contribution in [2.24, 2.45) is 4.99 Å². The van der Waals surface area contributed by atoms with Crippen molar-refractivity contribution in [3.05, 3.63) is 28.8 Å². The fourth-order valence-corrected chi connectivity index (χ4v) is 3.99. The monoisotopic (exact) mass is 380 g/mol. The molecule has 3 rings (SSSR count). The first-order valence-corrected chi connectivity index (χ1v) is 9.47. The summed E-state index contributed by atoms with van der Waals surface area (Å²) in [6.07, 6.45) is 0.107. The van der Waals surface area contributed by atoms with Crippen molar-refractivity contribution in [3.63, 3.8) is 0 Å². The van der Waals surface area contributed by atoms with Crippen molar-refractivity contribution < 1.29 is 9.59 Å². The lowest BCUT2D eigenvalue weighted by Gasteiger charge is -2.33. The van der Waals surface area contributed by atoms with Crippen LogP contribution in [0.5, 0.6) is 0 Å². The van der Waals surface area contributed by atoms with Crippen molar-refractivity contribution in [3.8, 4) is 0 Å². The number of hydrogen-bond donors (Lipinski definition) is 1. The Bertz CT molecular complexity index is 717. The number of amides is 2. The highest BCUT2D eigenvalue weighted by Crippen LogP contribution is 2.28. The van der Waals surface area contributed by atoms with Crippen LogP contribution in [0.4, 0.5) is 5.69 Å². The number of hydrogen-bond acceptors (Lipinski definition) is 5. The highest BCUT2D eigenvalue weighted by Gasteiger charge is 2.33. The molecule has 1 aromatic rings. The first-order valence-electron chi connectivity index (χ1n) is 8.21. The molecule has 1 saturated heterocycles. The molecule has 1 N–H and O–H groups in total. The minimum absolute atomic E-state index is 0.107. The zero-order valence-corrected chi connectivity index (χ0v) is 15.9. The van der Waals surface area contributed by atoms with E-state index in [0.29, 0.717) is 10.7 Å². The van der Waals surface area contributed by atoms with Gasteiger partial charge in [-0.25, -0.2) is 0 Å². The van der Waals surface area contributed by atoms with E-state index in [2.05, 4.69) is 27.2 Å². The largest absolute Gasteiger partial charge is 0.349 e. The standard InChI is InChI=1S/C17H21ClN4O2S/c1-11-3-4-12(9-13(11)18)19-15(23)10-14-16(24)20-17(25-14)22-7-5-21(2)6-8-22/h3-4,9,14H,5-8,10H2,1-2H3,(H,19,23)/t14-/m1/s1. The van der Waals surface area contributed by atoms with Gasteiger partial charge < -0.3 is 15.1 Å². The molecule has 0 aliphatic carbocycles. The fourth-order valence-electron chi connectivity index (χ4n) is 2.69. The Kier molecular flexibility index (Phi) is 5.66. The quantitative estimate of drug-likeness (QED) is 0.871. The minimum atomic E-state index is -0.449. The SMILES string of the molecule is Cc1ccc(NC(=O)C[C@H]2SC(N3CCN(C)CC3)=NC2=O)cc1Cl. The summed E-state index contributed by atoms with van der Waals surface area (Å²) >= 11 is 7.46. The van der Waals surface area contributed by atoms with E-state index >= 15 is 0 Å². The van der Waals surface area contributed by atoms with Crippen LogP contribution in [0.3, 0.4) is 0 Å². The maximum atomic E-state index is 12.2. The number of nitrogens with zero attached hydrogens (tertiary/aromatic N) is 3. The molecule has 2 amide bonds. The Hall–Kier alpha value is -1.57. The Labute approximate surface area is 156 Å². The first kappa shape index (κ1) is 18.2. The predicted molar refractivity (Wildman–Crippen MR) is 102 cm³/mol. The minimum Gasteiger partial charge on any atom is -0.349 e. The predicted octanol–water partition coefficient (Wildman–Crippen LogP) is 2.22. The lowest BCUT2D eigenvalue weighted by atomic mass is 10.2. The van der Waals surface area contributed by atoms with Crippen LogP contribution in [-0.2, 0) is 9.59 Å². The second-order valence-electron chi connectivity index (χ2n) is 6.35. The maximum Gasteiger partial charge on any atom is 0.262 e. The van der Waals surface area contributed by atoms with E-state index in [9.17, 15) is 9.59 Å². The number of likely N-dealkylation sites (N-methyl/N-ethyl adjacent to an activating group) is 1. The highest BCUT2D eigenvalue weighted by molar-refractivity contribution is 8.15. The van der Waals surface area contributed by atoms with E-state index < -0.39 is 5.25 Å². The van der Waals surface area contributed by atoms with Gasteiger partial charge in [0.05, 0.1) is 0 Å². The number of thioether (sulfide) groups is 1. The summed E-state index contributed by atoms with van der Waals surface area (Å²) in [4.78, 5) is 32.9. The number of aryl methyl sites for hydroxylation is 1.